The van der Waals surface area contributed by atoms with Gasteiger partial charge in [0.05, 0.1) is 23.8 Å². The molecule has 0 radical (unpaired) electrons. The number of carbonyl (C=O) groups is 2. The monoisotopic (exact) mass is 470 g/mol. The first-order chi connectivity index (χ1) is 14.4. The number of aryl methyl sites for hydroxylation is 2. The minimum atomic E-state index is -0.263. The van der Waals surface area contributed by atoms with Crippen molar-refractivity contribution in [3.8, 4) is 0 Å². The Morgan fingerprint density at radius 3 is 2.73 bits per heavy atom. The molecule has 0 atom stereocenters. The number of amides is 2. The molecule has 0 unspecified atom stereocenters. The molecule has 0 saturated carbocycles. The lowest BCUT2D eigenvalue weighted by atomic mass is 10.1. The van der Waals surface area contributed by atoms with E-state index < -0.39 is 0 Å². The van der Waals surface area contributed by atoms with Crippen molar-refractivity contribution in [2.75, 3.05) is 18.9 Å². The highest BCUT2D eigenvalue weighted by atomic mass is 79.9. The summed E-state index contributed by atoms with van der Waals surface area (Å²) in [4.78, 5) is 43.0. The fraction of sp³-hybridized carbons (Fsp3) is 0.273. The molecule has 1 N–H and O–H groups in total. The Bertz CT molecular complexity index is 1140. The number of anilines is 1. The lowest BCUT2D eigenvalue weighted by molar-refractivity contribution is -0.133. The Morgan fingerprint density at radius 1 is 1.20 bits per heavy atom. The Hall–Kier alpha value is -3.00. The number of rotatable bonds is 7. The Labute approximate surface area is 182 Å². The van der Waals surface area contributed by atoms with Crippen LogP contribution in [-0.4, -0.2) is 39.9 Å². The van der Waals surface area contributed by atoms with Crippen molar-refractivity contribution in [3.63, 3.8) is 0 Å². The third kappa shape index (κ3) is 5.13. The van der Waals surface area contributed by atoms with Crippen molar-refractivity contribution in [2.45, 2.75) is 26.3 Å². The molecule has 0 saturated heterocycles. The van der Waals surface area contributed by atoms with Crippen LogP contribution in [0.5, 0.6) is 0 Å². The number of likely N-dealkylation sites (N-methyl/N-ethyl adjacent to an activating group) is 1. The molecule has 0 bridgehead atoms. The predicted octanol–water partition coefficient (Wildman–Crippen LogP) is 3.21. The molecule has 1 aromatic heterocycles. The fourth-order valence-corrected chi connectivity index (χ4v) is 3.50. The minimum absolute atomic E-state index is 0.0608. The highest BCUT2D eigenvalue weighted by Gasteiger charge is 2.15. The highest BCUT2D eigenvalue weighted by molar-refractivity contribution is 9.10. The lowest BCUT2D eigenvalue weighted by Gasteiger charge is -2.18. The number of benzene rings is 2. The van der Waals surface area contributed by atoms with E-state index in [0.29, 0.717) is 10.9 Å². The zero-order chi connectivity index (χ0) is 21.7. The van der Waals surface area contributed by atoms with Crippen LogP contribution in [0.1, 0.15) is 18.9 Å². The van der Waals surface area contributed by atoms with Crippen molar-refractivity contribution in [2.24, 2.45) is 0 Å². The second kappa shape index (κ2) is 9.67. The van der Waals surface area contributed by atoms with Crippen molar-refractivity contribution in [3.05, 3.63) is 69.2 Å². The van der Waals surface area contributed by atoms with Gasteiger partial charge in [-0.15, -0.1) is 0 Å². The number of carbonyl (C=O) groups excluding carboxylic acids is 2. The molecule has 2 aromatic carbocycles. The molecule has 0 fully saturated rings. The summed E-state index contributed by atoms with van der Waals surface area (Å²) in [6.45, 7) is 2.15. The van der Waals surface area contributed by atoms with Gasteiger partial charge in [0, 0.05) is 30.2 Å². The largest absolute Gasteiger partial charge is 0.336 e. The van der Waals surface area contributed by atoms with Gasteiger partial charge in [0.2, 0.25) is 11.8 Å². The predicted molar refractivity (Wildman–Crippen MR) is 120 cm³/mol. The number of aromatic nitrogens is 2. The molecular weight excluding hydrogens is 448 g/mol. The molecule has 156 valence electrons. The van der Waals surface area contributed by atoms with E-state index >= 15 is 0 Å². The number of nitrogens with one attached hydrogen (secondary N) is 1. The first-order valence-electron chi connectivity index (χ1n) is 9.65. The lowest BCUT2D eigenvalue weighted by Crippen LogP contribution is -2.36. The number of hydrogen-bond donors (Lipinski definition) is 1. The maximum absolute atomic E-state index is 12.6. The third-order valence-corrected chi connectivity index (χ3v) is 5.32. The maximum atomic E-state index is 12.6. The molecule has 3 rings (SSSR count). The molecule has 7 nitrogen and oxygen atoms in total. The number of nitrogens with zero attached hydrogens (tertiary/aromatic N) is 3. The Balaban J connectivity index is 1.59. The molecular formula is C22H23BrN4O3. The first kappa shape index (κ1) is 21.7. The van der Waals surface area contributed by atoms with Gasteiger partial charge >= 0.3 is 0 Å². The maximum Gasteiger partial charge on any atom is 0.261 e. The van der Waals surface area contributed by atoms with E-state index in [9.17, 15) is 14.4 Å². The van der Waals surface area contributed by atoms with E-state index in [2.05, 4.69) is 26.2 Å². The summed E-state index contributed by atoms with van der Waals surface area (Å²) in [5, 5.41) is 3.34. The smallest absolute Gasteiger partial charge is 0.261 e. The molecule has 30 heavy (non-hydrogen) atoms. The van der Waals surface area contributed by atoms with Crippen LogP contribution in [0.25, 0.3) is 10.9 Å². The summed E-state index contributed by atoms with van der Waals surface area (Å²) in [6.07, 6.45) is 2.34. The molecule has 0 aliphatic carbocycles. The van der Waals surface area contributed by atoms with Gasteiger partial charge in [0.1, 0.15) is 0 Å². The zero-order valence-corrected chi connectivity index (χ0v) is 18.5. The van der Waals surface area contributed by atoms with E-state index in [0.717, 1.165) is 22.1 Å². The van der Waals surface area contributed by atoms with Crippen molar-refractivity contribution < 1.29 is 9.59 Å². The standard InChI is InChI=1S/C22H23BrN4O3/c1-3-15-6-4-5-7-18(15)25-20(28)13-26(2)21(29)10-11-27-14-24-19-9-8-16(23)12-17(19)22(27)30/h4-9,12,14H,3,10-11,13H2,1-2H3,(H,25,28). The van der Waals surface area contributed by atoms with Crippen LogP contribution < -0.4 is 10.9 Å². The third-order valence-electron chi connectivity index (χ3n) is 4.83. The van der Waals surface area contributed by atoms with Gasteiger partial charge < -0.3 is 10.2 Å². The summed E-state index contributed by atoms with van der Waals surface area (Å²) >= 11 is 3.35. The van der Waals surface area contributed by atoms with E-state index in [1.807, 2.05) is 37.3 Å². The fourth-order valence-electron chi connectivity index (χ4n) is 3.14. The number of para-hydroxylation sites is 1. The summed E-state index contributed by atoms with van der Waals surface area (Å²) in [6, 6.07) is 12.9. The topological polar surface area (TPSA) is 84.3 Å². The molecule has 0 spiro atoms. The summed E-state index contributed by atoms with van der Waals surface area (Å²) in [7, 11) is 1.58. The SMILES string of the molecule is CCc1ccccc1NC(=O)CN(C)C(=O)CCn1cnc2ccc(Br)cc2c1=O. The molecule has 0 aliphatic rings. The van der Waals surface area contributed by atoms with E-state index in [1.54, 1.807) is 19.2 Å². The van der Waals surface area contributed by atoms with E-state index in [4.69, 9.17) is 0 Å². The van der Waals surface area contributed by atoms with Crippen LogP contribution in [-0.2, 0) is 22.6 Å². The van der Waals surface area contributed by atoms with Crippen LogP contribution in [0.2, 0.25) is 0 Å². The van der Waals surface area contributed by atoms with E-state index in [1.165, 1.54) is 15.8 Å². The van der Waals surface area contributed by atoms with Crippen LogP contribution >= 0.6 is 15.9 Å². The number of halogens is 1. The molecule has 8 heteroatoms. The minimum Gasteiger partial charge on any atom is -0.336 e. The molecule has 1 heterocycles. The van der Waals surface area contributed by atoms with Crippen molar-refractivity contribution >= 4 is 44.3 Å². The number of fused-ring (bicyclic) bond motifs is 1. The van der Waals surface area contributed by atoms with Gasteiger partial charge in [-0.1, -0.05) is 41.1 Å². The average Bonchev–Trinajstić information content (AvgIpc) is 2.73. The van der Waals surface area contributed by atoms with Gasteiger partial charge in [-0.25, -0.2) is 4.98 Å². The normalized spacial score (nSPS) is 10.8. The quantitative estimate of drug-likeness (QED) is 0.574. The zero-order valence-electron chi connectivity index (χ0n) is 16.9. The summed E-state index contributed by atoms with van der Waals surface area (Å²) in [5.74, 6) is -0.490. The van der Waals surface area contributed by atoms with Crippen LogP contribution in [0.4, 0.5) is 5.69 Å². The molecule has 3 aromatic rings. The molecule has 2 amide bonds. The van der Waals surface area contributed by atoms with Crippen LogP contribution in [0, 0.1) is 0 Å². The highest BCUT2D eigenvalue weighted by Crippen LogP contribution is 2.16. The van der Waals surface area contributed by atoms with Gasteiger partial charge in [-0.3, -0.25) is 19.0 Å². The van der Waals surface area contributed by atoms with Crippen molar-refractivity contribution in [1.82, 2.24) is 14.5 Å². The van der Waals surface area contributed by atoms with Crippen LogP contribution in [0.3, 0.4) is 0 Å². The summed E-state index contributed by atoms with van der Waals surface area (Å²) in [5.41, 5.74) is 2.19. The first-order valence-corrected chi connectivity index (χ1v) is 10.4. The Morgan fingerprint density at radius 2 is 1.97 bits per heavy atom. The van der Waals surface area contributed by atoms with Gasteiger partial charge in [0.25, 0.3) is 5.56 Å². The number of hydrogen-bond acceptors (Lipinski definition) is 4. The van der Waals surface area contributed by atoms with Gasteiger partial charge in [-0.2, -0.15) is 0 Å². The van der Waals surface area contributed by atoms with Crippen LogP contribution in [0.15, 0.2) is 58.1 Å². The Kier molecular flexibility index (Phi) is 6.99. The van der Waals surface area contributed by atoms with Gasteiger partial charge in [-0.05, 0) is 36.2 Å². The second-order valence-electron chi connectivity index (χ2n) is 6.96. The van der Waals surface area contributed by atoms with E-state index in [-0.39, 0.29) is 36.9 Å². The van der Waals surface area contributed by atoms with Crippen molar-refractivity contribution in [1.29, 1.82) is 0 Å². The van der Waals surface area contributed by atoms with Gasteiger partial charge in [0.15, 0.2) is 0 Å². The second-order valence-corrected chi connectivity index (χ2v) is 7.88. The summed E-state index contributed by atoms with van der Waals surface area (Å²) < 4.78 is 2.20. The average molecular weight is 471 g/mol. The molecule has 0 aliphatic heterocycles.